The first-order valence-corrected chi connectivity index (χ1v) is 7.55. The molecule has 0 radical (unpaired) electrons. The Balaban J connectivity index is 1.84. The summed E-state index contributed by atoms with van der Waals surface area (Å²) in [4.78, 5) is 15.6. The van der Waals surface area contributed by atoms with Gasteiger partial charge in [0.15, 0.2) is 0 Å². The molecular weight excluding hydrogens is 292 g/mol. The first-order chi connectivity index (χ1) is 11.2. The molecule has 5 heteroatoms. The van der Waals surface area contributed by atoms with Gasteiger partial charge in [0.05, 0.1) is 11.0 Å². The number of ether oxygens (including phenoxy) is 1. The normalized spacial score (nSPS) is 10.8. The van der Waals surface area contributed by atoms with Crippen LogP contribution < -0.4 is 4.74 Å². The second kappa shape index (κ2) is 6.52. The third-order valence-corrected chi connectivity index (χ3v) is 3.73. The summed E-state index contributed by atoms with van der Waals surface area (Å²) in [5.41, 5.74) is 2.82. The van der Waals surface area contributed by atoms with Crippen molar-refractivity contribution in [3.05, 3.63) is 59.9 Å². The lowest BCUT2D eigenvalue weighted by Gasteiger charge is -2.09. The number of hydrogen-bond acceptors (Lipinski definition) is 3. The van der Waals surface area contributed by atoms with Crippen molar-refractivity contribution in [1.29, 1.82) is 0 Å². The van der Waals surface area contributed by atoms with Crippen LogP contribution in [0.1, 0.15) is 18.3 Å². The highest BCUT2D eigenvalue weighted by molar-refractivity contribution is 5.78. The number of carboxylic acids is 1. The molecule has 0 aliphatic heterocycles. The Morgan fingerprint density at radius 3 is 2.61 bits per heavy atom. The summed E-state index contributed by atoms with van der Waals surface area (Å²) in [5, 5.41) is 9.12. The van der Waals surface area contributed by atoms with Crippen LogP contribution in [0.5, 0.6) is 5.75 Å². The summed E-state index contributed by atoms with van der Waals surface area (Å²) >= 11 is 0. The zero-order valence-electron chi connectivity index (χ0n) is 12.9. The van der Waals surface area contributed by atoms with Gasteiger partial charge in [-0.1, -0.05) is 31.2 Å². The number of aryl methyl sites for hydroxylation is 1. The van der Waals surface area contributed by atoms with Gasteiger partial charge in [-0.25, -0.2) is 4.98 Å². The van der Waals surface area contributed by atoms with Gasteiger partial charge in [0.1, 0.15) is 24.7 Å². The van der Waals surface area contributed by atoms with Crippen LogP contribution in [0.25, 0.3) is 11.0 Å². The van der Waals surface area contributed by atoms with Crippen LogP contribution in [-0.2, 0) is 24.4 Å². The molecule has 3 rings (SSSR count). The second-order valence-electron chi connectivity index (χ2n) is 5.28. The molecule has 0 spiro atoms. The number of aliphatic carboxylic acids is 1. The molecule has 3 aromatic rings. The molecule has 0 atom stereocenters. The lowest BCUT2D eigenvalue weighted by molar-refractivity contribution is -0.137. The average molecular weight is 310 g/mol. The quantitative estimate of drug-likeness (QED) is 0.759. The van der Waals surface area contributed by atoms with Gasteiger partial charge in [-0.3, -0.25) is 4.79 Å². The Morgan fingerprint density at radius 1 is 1.17 bits per heavy atom. The fraction of sp³-hybridized carbons (Fsp3) is 0.222. The van der Waals surface area contributed by atoms with Crippen LogP contribution >= 0.6 is 0 Å². The lowest BCUT2D eigenvalue weighted by Crippen LogP contribution is -2.13. The van der Waals surface area contributed by atoms with E-state index < -0.39 is 5.97 Å². The Hall–Kier alpha value is -2.82. The Bertz CT molecular complexity index is 822. The van der Waals surface area contributed by atoms with E-state index in [1.807, 2.05) is 48.5 Å². The van der Waals surface area contributed by atoms with Crippen molar-refractivity contribution < 1.29 is 14.6 Å². The summed E-state index contributed by atoms with van der Waals surface area (Å²) in [6, 6.07) is 15.4. The molecule has 0 aliphatic carbocycles. The Kier molecular flexibility index (Phi) is 4.28. The fourth-order valence-corrected chi connectivity index (χ4v) is 2.52. The highest BCUT2D eigenvalue weighted by atomic mass is 16.5. The van der Waals surface area contributed by atoms with Crippen LogP contribution in [-0.4, -0.2) is 20.6 Å². The second-order valence-corrected chi connectivity index (χ2v) is 5.28. The maximum absolute atomic E-state index is 11.1. The Morgan fingerprint density at radius 2 is 1.91 bits per heavy atom. The molecule has 118 valence electrons. The molecule has 0 saturated carbocycles. The molecule has 0 aliphatic rings. The summed E-state index contributed by atoms with van der Waals surface area (Å²) in [6.07, 6.45) is 0.981. The van der Waals surface area contributed by atoms with E-state index in [0.29, 0.717) is 5.82 Å². The predicted octanol–water partition coefficient (Wildman–Crippen LogP) is 3.26. The van der Waals surface area contributed by atoms with Gasteiger partial charge in [-0.2, -0.15) is 0 Å². The highest BCUT2D eigenvalue weighted by Gasteiger charge is 2.13. The number of rotatable bonds is 6. The predicted molar refractivity (Wildman–Crippen MR) is 87.5 cm³/mol. The van der Waals surface area contributed by atoms with Crippen molar-refractivity contribution in [1.82, 2.24) is 9.55 Å². The maximum atomic E-state index is 11.1. The average Bonchev–Trinajstić information content (AvgIpc) is 2.91. The van der Waals surface area contributed by atoms with Crippen molar-refractivity contribution in [2.24, 2.45) is 0 Å². The zero-order chi connectivity index (χ0) is 16.2. The molecule has 0 bridgehead atoms. The van der Waals surface area contributed by atoms with Gasteiger partial charge in [0.25, 0.3) is 0 Å². The van der Waals surface area contributed by atoms with E-state index in [9.17, 15) is 4.79 Å². The third kappa shape index (κ3) is 3.34. The largest absolute Gasteiger partial charge is 0.486 e. The van der Waals surface area contributed by atoms with E-state index in [1.54, 1.807) is 4.57 Å². The van der Waals surface area contributed by atoms with Crippen molar-refractivity contribution in [2.75, 3.05) is 0 Å². The number of nitrogens with zero attached hydrogens (tertiary/aromatic N) is 2. The molecule has 2 aromatic carbocycles. The molecule has 0 amide bonds. The topological polar surface area (TPSA) is 64.4 Å². The number of hydrogen-bond donors (Lipinski definition) is 1. The minimum atomic E-state index is -0.901. The van der Waals surface area contributed by atoms with Gasteiger partial charge in [-0.15, -0.1) is 0 Å². The molecule has 0 fully saturated rings. The number of para-hydroxylation sites is 2. The van der Waals surface area contributed by atoms with Crippen molar-refractivity contribution in [3.63, 3.8) is 0 Å². The summed E-state index contributed by atoms with van der Waals surface area (Å²) in [6.45, 7) is 2.20. The first kappa shape index (κ1) is 15.1. The molecular formula is C18H18N2O3. The van der Waals surface area contributed by atoms with E-state index in [1.165, 1.54) is 5.56 Å². The van der Waals surface area contributed by atoms with Crippen LogP contribution in [0.15, 0.2) is 48.5 Å². The molecule has 1 N–H and O–H groups in total. The van der Waals surface area contributed by atoms with Crippen LogP contribution in [0.3, 0.4) is 0 Å². The minimum Gasteiger partial charge on any atom is -0.486 e. The molecule has 23 heavy (non-hydrogen) atoms. The van der Waals surface area contributed by atoms with E-state index in [0.717, 1.165) is 23.2 Å². The van der Waals surface area contributed by atoms with Crippen LogP contribution in [0, 0.1) is 0 Å². The van der Waals surface area contributed by atoms with E-state index in [-0.39, 0.29) is 13.2 Å². The SMILES string of the molecule is CCc1ccc(OCc2nc3ccccc3n2CC(=O)O)cc1. The van der Waals surface area contributed by atoms with Crippen LogP contribution in [0.2, 0.25) is 0 Å². The smallest absolute Gasteiger partial charge is 0.323 e. The van der Waals surface area contributed by atoms with Crippen molar-refractivity contribution in [2.45, 2.75) is 26.5 Å². The number of fused-ring (bicyclic) bond motifs is 1. The van der Waals surface area contributed by atoms with Gasteiger partial charge in [0, 0.05) is 0 Å². The van der Waals surface area contributed by atoms with Gasteiger partial charge < -0.3 is 14.4 Å². The molecule has 1 heterocycles. The maximum Gasteiger partial charge on any atom is 0.323 e. The number of benzene rings is 2. The lowest BCUT2D eigenvalue weighted by atomic mass is 10.2. The standard InChI is InChI=1S/C18H18N2O3/c1-2-13-7-9-14(10-8-13)23-12-17-19-15-5-3-4-6-16(15)20(17)11-18(21)22/h3-10H,2,11-12H2,1H3,(H,21,22). The van der Waals surface area contributed by atoms with Crippen LogP contribution in [0.4, 0.5) is 0 Å². The minimum absolute atomic E-state index is 0.131. The number of imidazole rings is 1. The molecule has 1 aromatic heterocycles. The van der Waals surface area contributed by atoms with Gasteiger partial charge in [0.2, 0.25) is 0 Å². The summed E-state index contributed by atoms with van der Waals surface area (Å²) < 4.78 is 7.45. The summed E-state index contributed by atoms with van der Waals surface area (Å²) in [7, 11) is 0. The van der Waals surface area contributed by atoms with E-state index >= 15 is 0 Å². The van der Waals surface area contributed by atoms with Gasteiger partial charge in [-0.05, 0) is 36.2 Å². The van der Waals surface area contributed by atoms with Crippen molar-refractivity contribution >= 4 is 17.0 Å². The van der Waals surface area contributed by atoms with E-state index in [4.69, 9.17) is 9.84 Å². The highest BCUT2D eigenvalue weighted by Crippen LogP contribution is 2.19. The number of aromatic nitrogens is 2. The van der Waals surface area contributed by atoms with E-state index in [2.05, 4.69) is 11.9 Å². The molecule has 5 nitrogen and oxygen atoms in total. The fourth-order valence-electron chi connectivity index (χ4n) is 2.52. The van der Waals surface area contributed by atoms with Crippen molar-refractivity contribution in [3.8, 4) is 5.75 Å². The molecule has 0 saturated heterocycles. The van der Waals surface area contributed by atoms with Gasteiger partial charge >= 0.3 is 5.97 Å². The third-order valence-electron chi connectivity index (χ3n) is 3.73. The monoisotopic (exact) mass is 310 g/mol. The zero-order valence-corrected chi connectivity index (χ0v) is 12.9. The number of carboxylic acid groups (broad SMARTS) is 1. The Labute approximate surface area is 134 Å². The number of carbonyl (C=O) groups is 1. The summed E-state index contributed by atoms with van der Waals surface area (Å²) in [5.74, 6) is 0.450. The molecule has 0 unspecified atom stereocenters. The first-order valence-electron chi connectivity index (χ1n) is 7.55.